The molecule has 5 aromatic rings. The molecule has 1 atom stereocenters. The SMILES string of the molecule is COc1ccc2c(n1)n(C(CC(=O)O)c1ccccc1)c(=O)n2Cc1cn(C)c2cccc(C)c12. The van der Waals surface area contributed by atoms with Crippen LogP contribution in [-0.4, -0.2) is 36.9 Å². The first-order valence-corrected chi connectivity index (χ1v) is 11.3. The summed E-state index contributed by atoms with van der Waals surface area (Å²) >= 11 is 0. The van der Waals surface area contributed by atoms with E-state index in [0.717, 1.165) is 27.6 Å². The highest BCUT2D eigenvalue weighted by molar-refractivity contribution is 5.87. The Morgan fingerprint density at radius 3 is 2.54 bits per heavy atom. The fourth-order valence-corrected chi connectivity index (χ4v) is 4.90. The molecule has 3 aromatic heterocycles. The van der Waals surface area contributed by atoms with E-state index >= 15 is 0 Å². The van der Waals surface area contributed by atoms with Crippen LogP contribution in [0.4, 0.5) is 0 Å². The van der Waals surface area contributed by atoms with Crippen LogP contribution in [0.2, 0.25) is 0 Å². The fraction of sp³-hybridized carbons (Fsp3) is 0.222. The van der Waals surface area contributed by atoms with Crippen molar-refractivity contribution >= 4 is 28.0 Å². The second-order valence-corrected chi connectivity index (χ2v) is 8.69. The van der Waals surface area contributed by atoms with Gasteiger partial charge in [0.2, 0.25) is 5.88 Å². The predicted molar refractivity (Wildman–Crippen MR) is 134 cm³/mol. The minimum absolute atomic E-state index is 0.255. The number of carbonyl (C=O) groups is 1. The van der Waals surface area contributed by atoms with Gasteiger partial charge in [0.05, 0.1) is 31.6 Å². The van der Waals surface area contributed by atoms with Gasteiger partial charge in [-0.3, -0.25) is 13.9 Å². The molecular formula is C27H26N4O4. The molecule has 178 valence electrons. The van der Waals surface area contributed by atoms with Crippen LogP contribution in [0.3, 0.4) is 0 Å². The minimum atomic E-state index is -1.00. The van der Waals surface area contributed by atoms with E-state index in [4.69, 9.17) is 4.74 Å². The summed E-state index contributed by atoms with van der Waals surface area (Å²) in [6.07, 6.45) is 1.78. The van der Waals surface area contributed by atoms with Crippen LogP contribution in [0, 0.1) is 6.92 Å². The number of aryl methyl sites for hydroxylation is 2. The monoisotopic (exact) mass is 470 g/mol. The quantitative estimate of drug-likeness (QED) is 0.386. The van der Waals surface area contributed by atoms with E-state index in [1.54, 1.807) is 16.7 Å². The van der Waals surface area contributed by atoms with E-state index in [1.807, 2.05) is 49.6 Å². The fourth-order valence-electron chi connectivity index (χ4n) is 4.90. The normalized spacial score (nSPS) is 12.3. The van der Waals surface area contributed by atoms with E-state index < -0.39 is 12.0 Å². The molecule has 0 radical (unpaired) electrons. The minimum Gasteiger partial charge on any atom is -0.481 e. The summed E-state index contributed by atoms with van der Waals surface area (Å²) in [5.41, 5.74) is 4.64. The Morgan fingerprint density at radius 2 is 1.83 bits per heavy atom. The van der Waals surface area contributed by atoms with Crippen molar-refractivity contribution in [1.29, 1.82) is 0 Å². The topological polar surface area (TPSA) is 91.3 Å². The Hall–Kier alpha value is -4.33. The molecule has 2 aromatic carbocycles. The number of carboxylic acids is 1. The molecule has 0 saturated carbocycles. The lowest BCUT2D eigenvalue weighted by Gasteiger charge is -2.17. The van der Waals surface area contributed by atoms with Gasteiger partial charge in [-0.2, -0.15) is 4.98 Å². The number of pyridine rings is 1. The first-order chi connectivity index (χ1) is 16.9. The van der Waals surface area contributed by atoms with Gasteiger partial charge in [-0.15, -0.1) is 0 Å². The van der Waals surface area contributed by atoms with Crippen molar-refractivity contribution in [1.82, 2.24) is 18.7 Å². The van der Waals surface area contributed by atoms with Gasteiger partial charge < -0.3 is 14.4 Å². The Balaban J connectivity index is 1.76. The summed E-state index contributed by atoms with van der Waals surface area (Å²) in [7, 11) is 3.50. The van der Waals surface area contributed by atoms with Crippen LogP contribution in [-0.2, 0) is 18.4 Å². The second-order valence-electron chi connectivity index (χ2n) is 8.69. The van der Waals surface area contributed by atoms with Gasteiger partial charge in [0.1, 0.15) is 0 Å². The molecule has 1 N–H and O–H groups in total. The Bertz CT molecular complexity index is 1610. The second kappa shape index (κ2) is 8.79. The molecule has 0 saturated heterocycles. The van der Waals surface area contributed by atoms with Crippen LogP contribution >= 0.6 is 0 Å². The average Bonchev–Trinajstić information content (AvgIpc) is 3.32. The molecule has 0 aliphatic carbocycles. The first kappa shape index (κ1) is 22.5. The third-order valence-corrected chi connectivity index (χ3v) is 6.49. The number of hydrogen-bond donors (Lipinski definition) is 1. The molecule has 0 amide bonds. The number of hydrogen-bond acceptors (Lipinski definition) is 4. The smallest absolute Gasteiger partial charge is 0.331 e. The maximum absolute atomic E-state index is 14.0. The van der Waals surface area contributed by atoms with Crippen molar-refractivity contribution < 1.29 is 14.6 Å². The molecule has 35 heavy (non-hydrogen) atoms. The Labute approximate surface area is 201 Å². The molecule has 3 heterocycles. The van der Waals surface area contributed by atoms with Crippen LogP contribution in [0.15, 0.2) is 71.7 Å². The highest BCUT2D eigenvalue weighted by Crippen LogP contribution is 2.29. The number of imidazole rings is 1. The third kappa shape index (κ3) is 3.86. The van der Waals surface area contributed by atoms with Crippen LogP contribution in [0.5, 0.6) is 5.88 Å². The lowest BCUT2D eigenvalue weighted by atomic mass is 10.0. The van der Waals surface area contributed by atoms with Crippen molar-refractivity contribution in [3.63, 3.8) is 0 Å². The lowest BCUT2D eigenvalue weighted by Crippen LogP contribution is -2.29. The van der Waals surface area contributed by atoms with Crippen molar-refractivity contribution in [3.8, 4) is 5.88 Å². The van der Waals surface area contributed by atoms with Gasteiger partial charge in [0.25, 0.3) is 0 Å². The van der Waals surface area contributed by atoms with Gasteiger partial charge in [-0.25, -0.2) is 4.79 Å². The largest absolute Gasteiger partial charge is 0.481 e. The molecule has 5 rings (SSSR count). The number of methoxy groups -OCH3 is 1. The van der Waals surface area contributed by atoms with Crippen LogP contribution in [0.1, 0.15) is 29.2 Å². The van der Waals surface area contributed by atoms with Crippen molar-refractivity contribution in [2.24, 2.45) is 7.05 Å². The maximum Gasteiger partial charge on any atom is 0.331 e. The van der Waals surface area contributed by atoms with Gasteiger partial charge in [0.15, 0.2) is 5.65 Å². The van der Waals surface area contributed by atoms with Crippen molar-refractivity contribution in [2.75, 3.05) is 7.11 Å². The standard InChI is InChI=1S/C27H26N4O4/c1-17-8-7-11-20-25(17)19(15-29(20)2)16-30-21-12-13-23(35-3)28-26(21)31(27(30)34)22(14-24(32)33)18-9-5-4-6-10-18/h4-13,15,22H,14,16H2,1-3H3,(H,32,33). The van der Waals surface area contributed by atoms with Gasteiger partial charge in [-0.05, 0) is 35.7 Å². The third-order valence-electron chi connectivity index (χ3n) is 6.49. The zero-order valence-corrected chi connectivity index (χ0v) is 19.8. The van der Waals surface area contributed by atoms with Crippen LogP contribution < -0.4 is 10.4 Å². The number of fused-ring (bicyclic) bond motifs is 2. The highest BCUT2D eigenvalue weighted by atomic mass is 16.5. The van der Waals surface area contributed by atoms with E-state index in [-0.39, 0.29) is 12.1 Å². The number of ether oxygens (including phenoxy) is 1. The Morgan fingerprint density at radius 1 is 1.06 bits per heavy atom. The van der Waals surface area contributed by atoms with Crippen LogP contribution in [0.25, 0.3) is 22.1 Å². The summed E-state index contributed by atoms with van der Waals surface area (Å²) in [5.74, 6) is -0.647. The van der Waals surface area contributed by atoms with E-state index in [0.29, 0.717) is 23.6 Å². The summed E-state index contributed by atoms with van der Waals surface area (Å²) < 4.78 is 10.5. The molecule has 8 heteroatoms. The van der Waals surface area contributed by atoms with Crippen molar-refractivity contribution in [2.45, 2.75) is 25.9 Å². The molecule has 0 bridgehead atoms. The number of carboxylic acid groups (broad SMARTS) is 1. The summed E-state index contributed by atoms with van der Waals surface area (Å²) in [5, 5.41) is 10.8. The molecule has 0 fully saturated rings. The maximum atomic E-state index is 14.0. The van der Waals surface area contributed by atoms with E-state index in [9.17, 15) is 14.7 Å². The number of nitrogens with zero attached hydrogens (tertiary/aromatic N) is 4. The lowest BCUT2D eigenvalue weighted by molar-refractivity contribution is -0.137. The number of rotatable bonds is 7. The average molecular weight is 471 g/mol. The van der Waals surface area contributed by atoms with E-state index in [2.05, 4.69) is 28.6 Å². The zero-order chi connectivity index (χ0) is 24.7. The first-order valence-electron chi connectivity index (χ1n) is 11.3. The molecule has 0 spiro atoms. The Kier molecular flexibility index (Phi) is 5.64. The molecular weight excluding hydrogens is 444 g/mol. The number of benzene rings is 2. The van der Waals surface area contributed by atoms with Gasteiger partial charge in [0, 0.05) is 30.2 Å². The van der Waals surface area contributed by atoms with Gasteiger partial charge in [-0.1, -0.05) is 42.5 Å². The van der Waals surface area contributed by atoms with Crippen molar-refractivity contribution in [3.05, 3.63) is 94.0 Å². The molecule has 1 unspecified atom stereocenters. The summed E-state index contributed by atoms with van der Waals surface area (Å²) in [4.78, 5) is 30.4. The van der Waals surface area contributed by atoms with E-state index in [1.165, 1.54) is 11.7 Å². The predicted octanol–water partition coefficient (Wildman–Crippen LogP) is 4.12. The number of aliphatic carboxylic acids is 1. The summed E-state index contributed by atoms with van der Waals surface area (Å²) in [6, 6.07) is 18.1. The molecule has 8 nitrogen and oxygen atoms in total. The number of aromatic nitrogens is 4. The molecule has 0 aliphatic heterocycles. The van der Waals surface area contributed by atoms with Gasteiger partial charge >= 0.3 is 11.7 Å². The zero-order valence-electron chi connectivity index (χ0n) is 19.8. The highest BCUT2D eigenvalue weighted by Gasteiger charge is 2.26. The summed E-state index contributed by atoms with van der Waals surface area (Å²) in [6.45, 7) is 2.38. The molecule has 0 aliphatic rings.